The minimum absolute atomic E-state index is 0.0452. The summed E-state index contributed by atoms with van der Waals surface area (Å²) in [4.78, 5) is 11.9. The molecule has 1 amide bonds. The molecule has 1 aliphatic rings. The highest BCUT2D eigenvalue weighted by Crippen LogP contribution is 2.49. The number of hydrogen-bond donors (Lipinski definition) is 2. The second kappa shape index (κ2) is 5.33. The van der Waals surface area contributed by atoms with Gasteiger partial charge < -0.3 is 5.32 Å². The fourth-order valence-corrected chi connectivity index (χ4v) is 2.61. The van der Waals surface area contributed by atoms with E-state index in [2.05, 4.69) is 39.9 Å². The molecule has 0 aliphatic heterocycles. The molecule has 1 fully saturated rings. The predicted molar refractivity (Wildman–Crippen MR) is 77.6 cm³/mol. The van der Waals surface area contributed by atoms with Gasteiger partial charge in [-0.05, 0) is 42.2 Å². The summed E-state index contributed by atoms with van der Waals surface area (Å²) < 4.78 is 0.840. The standard InChI is InChI=1S/C13H13BrN2OS/c14-10-2-1-9(7-15)11(5-10)16-12(17)6-13(8-18)3-4-13/h1-2,5,18H,3-4,6,8H2,(H,16,17). The van der Waals surface area contributed by atoms with E-state index in [0.717, 1.165) is 23.1 Å². The van der Waals surface area contributed by atoms with E-state index in [0.29, 0.717) is 17.7 Å². The summed E-state index contributed by atoms with van der Waals surface area (Å²) in [5, 5.41) is 11.8. The smallest absolute Gasteiger partial charge is 0.224 e. The van der Waals surface area contributed by atoms with Crippen LogP contribution < -0.4 is 5.32 Å². The molecule has 1 aromatic rings. The van der Waals surface area contributed by atoms with Crippen molar-refractivity contribution in [1.29, 1.82) is 5.26 Å². The first-order valence-corrected chi connectivity index (χ1v) is 7.11. The van der Waals surface area contributed by atoms with E-state index in [1.807, 2.05) is 0 Å². The van der Waals surface area contributed by atoms with Gasteiger partial charge in [0.1, 0.15) is 6.07 Å². The molecule has 0 radical (unpaired) electrons. The molecule has 0 bridgehead atoms. The Balaban J connectivity index is 2.07. The highest BCUT2D eigenvalue weighted by atomic mass is 79.9. The first-order chi connectivity index (χ1) is 8.58. The van der Waals surface area contributed by atoms with Gasteiger partial charge in [0.05, 0.1) is 11.3 Å². The lowest BCUT2D eigenvalue weighted by Gasteiger charge is -2.12. The maximum absolute atomic E-state index is 11.9. The quantitative estimate of drug-likeness (QED) is 0.834. The van der Waals surface area contributed by atoms with Gasteiger partial charge in [0.2, 0.25) is 5.91 Å². The Morgan fingerprint density at radius 1 is 1.56 bits per heavy atom. The van der Waals surface area contributed by atoms with E-state index in [1.165, 1.54) is 0 Å². The summed E-state index contributed by atoms with van der Waals surface area (Å²) in [7, 11) is 0. The molecule has 0 atom stereocenters. The minimum Gasteiger partial charge on any atom is -0.325 e. The third kappa shape index (κ3) is 3.06. The molecule has 1 aromatic carbocycles. The Kier molecular flexibility index (Phi) is 3.98. The van der Waals surface area contributed by atoms with Crippen molar-refractivity contribution in [3.63, 3.8) is 0 Å². The summed E-state index contributed by atoms with van der Waals surface area (Å²) in [6.45, 7) is 0. The fraction of sp³-hybridized carbons (Fsp3) is 0.385. The van der Waals surface area contributed by atoms with Crippen LogP contribution in [0.5, 0.6) is 0 Å². The normalized spacial score (nSPS) is 15.8. The second-order valence-electron chi connectivity index (χ2n) is 4.68. The zero-order chi connectivity index (χ0) is 13.2. The van der Waals surface area contributed by atoms with Crippen LogP contribution in [0.25, 0.3) is 0 Å². The molecule has 1 aliphatic carbocycles. The molecule has 0 aromatic heterocycles. The number of nitrogens with zero attached hydrogens (tertiary/aromatic N) is 1. The molecule has 0 unspecified atom stereocenters. The average molecular weight is 325 g/mol. The lowest BCUT2D eigenvalue weighted by atomic mass is 10.0. The Morgan fingerprint density at radius 3 is 2.83 bits per heavy atom. The van der Waals surface area contributed by atoms with Crippen LogP contribution in [0.15, 0.2) is 22.7 Å². The van der Waals surface area contributed by atoms with Gasteiger partial charge in [-0.3, -0.25) is 4.79 Å². The Morgan fingerprint density at radius 2 is 2.28 bits per heavy atom. The molecule has 2 rings (SSSR count). The van der Waals surface area contributed by atoms with E-state index in [4.69, 9.17) is 5.26 Å². The third-order valence-electron chi connectivity index (χ3n) is 3.20. The third-order valence-corrected chi connectivity index (χ3v) is 4.37. The van der Waals surface area contributed by atoms with Crippen molar-refractivity contribution in [1.82, 2.24) is 0 Å². The molecule has 1 N–H and O–H groups in total. The summed E-state index contributed by atoms with van der Waals surface area (Å²) in [6, 6.07) is 7.28. The van der Waals surface area contributed by atoms with Gasteiger partial charge in [-0.1, -0.05) is 15.9 Å². The van der Waals surface area contributed by atoms with Gasteiger partial charge in [0, 0.05) is 10.9 Å². The average Bonchev–Trinajstić information content (AvgIpc) is 3.09. The van der Waals surface area contributed by atoms with E-state index >= 15 is 0 Å². The van der Waals surface area contributed by atoms with Crippen LogP contribution in [-0.4, -0.2) is 11.7 Å². The predicted octanol–water partition coefficient (Wildman–Crippen LogP) is 3.36. The second-order valence-corrected chi connectivity index (χ2v) is 5.92. The van der Waals surface area contributed by atoms with Crippen LogP contribution in [0.2, 0.25) is 0 Å². The summed E-state index contributed by atoms with van der Waals surface area (Å²) in [5.74, 6) is 0.695. The van der Waals surface area contributed by atoms with Crippen molar-refractivity contribution in [3.05, 3.63) is 28.2 Å². The number of anilines is 1. The number of hydrogen-bond acceptors (Lipinski definition) is 3. The number of nitrogens with one attached hydrogen (secondary N) is 1. The van der Waals surface area contributed by atoms with Crippen LogP contribution in [0.1, 0.15) is 24.8 Å². The maximum Gasteiger partial charge on any atom is 0.224 e. The van der Waals surface area contributed by atoms with Crippen molar-refractivity contribution in [3.8, 4) is 6.07 Å². The maximum atomic E-state index is 11.9. The summed E-state index contributed by atoms with van der Waals surface area (Å²) in [5.41, 5.74) is 1.13. The van der Waals surface area contributed by atoms with Crippen molar-refractivity contribution in [2.24, 2.45) is 5.41 Å². The number of benzene rings is 1. The number of carbonyl (C=O) groups is 1. The van der Waals surface area contributed by atoms with Gasteiger partial charge in [-0.25, -0.2) is 0 Å². The van der Waals surface area contributed by atoms with E-state index in [9.17, 15) is 4.79 Å². The van der Waals surface area contributed by atoms with E-state index in [1.54, 1.807) is 18.2 Å². The highest BCUT2D eigenvalue weighted by Gasteiger charge is 2.42. The van der Waals surface area contributed by atoms with Crippen LogP contribution in [0.4, 0.5) is 5.69 Å². The topological polar surface area (TPSA) is 52.9 Å². The van der Waals surface area contributed by atoms with Gasteiger partial charge in [-0.15, -0.1) is 0 Å². The molecular weight excluding hydrogens is 312 g/mol. The monoisotopic (exact) mass is 324 g/mol. The Hall–Kier alpha value is -0.990. The van der Waals surface area contributed by atoms with Crippen LogP contribution in [-0.2, 0) is 4.79 Å². The molecule has 3 nitrogen and oxygen atoms in total. The first-order valence-electron chi connectivity index (χ1n) is 5.69. The van der Waals surface area contributed by atoms with Crippen molar-refractivity contribution in [2.75, 3.05) is 11.1 Å². The fourth-order valence-electron chi connectivity index (χ4n) is 1.82. The molecule has 94 valence electrons. The number of rotatable bonds is 4. The van der Waals surface area contributed by atoms with Gasteiger partial charge >= 0.3 is 0 Å². The van der Waals surface area contributed by atoms with Crippen LogP contribution >= 0.6 is 28.6 Å². The van der Waals surface area contributed by atoms with Crippen molar-refractivity contribution in [2.45, 2.75) is 19.3 Å². The number of nitriles is 1. The Labute approximate surface area is 120 Å². The van der Waals surface area contributed by atoms with Gasteiger partial charge in [-0.2, -0.15) is 17.9 Å². The largest absolute Gasteiger partial charge is 0.325 e. The van der Waals surface area contributed by atoms with Gasteiger partial charge in [0.15, 0.2) is 0 Å². The highest BCUT2D eigenvalue weighted by molar-refractivity contribution is 9.10. The summed E-state index contributed by atoms with van der Waals surface area (Å²) >= 11 is 7.61. The van der Waals surface area contributed by atoms with Crippen LogP contribution in [0, 0.1) is 16.7 Å². The van der Waals surface area contributed by atoms with Crippen molar-refractivity contribution >= 4 is 40.2 Å². The molecule has 5 heteroatoms. The van der Waals surface area contributed by atoms with Crippen LogP contribution in [0.3, 0.4) is 0 Å². The van der Waals surface area contributed by atoms with Crippen molar-refractivity contribution < 1.29 is 4.79 Å². The zero-order valence-electron chi connectivity index (χ0n) is 9.74. The van der Waals surface area contributed by atoms with Gasteiger partial charge in [0.25, 0.3) is 0 Å². The number of thiol groups is 1. The lowest BCUT2D eigenvalue weighted by molar-refractivity contribution is -0.117. The SMILES string of the molecule is N#Cc1ccc(Br)cc1NC(=O)CC1(CS)CC1. The van der Waals surface area contributed by atoms with E-state index in [-0.39, 0.29) is 11.3 Å². The Bertz CT molecular complexity index is 520. The molecular formula is C13H13BrN2OS. The zero-order valence-corrected chi connectivity index (χ0v) is 12.2. The minimum atomic E-state index is -0.0452. The lowest BCUT2D eigenvalue weighted by Crippen LogP contribution is -2.18. The summed E-state index contributed by atoms with van der Waals surface area (Å²) in [6.07, 6.45) is 2.61. The first kappa shape index (κ1) is 13.4. The molecule has 0 saturated heterocycles. The molecule has 0 heterocycles. The number of halogens is 1. The molecule has 0 spiro atoms. The number of carbonyl (C=O) groups excluding carboxylic acids is 1. The number of amides is 1. The molecule has 1 saturated carbocycles. The molecule has 18 heavy (non-hydrogen) atoms. The van der Waals surface area contributed by atoms with E-state index < -0.39 is 0 Å².